The summed E-state index contributed by atoms with van der Waals surface area (Å²) in [4.78, 5) is 30.9. The zero-order valence-electron chi connectivity index (χ0n) is 20.5. The molecule has 0 saturated heterocycles. The van der Waals surface area contributed by atoms with Crippen LogP contribution in [0.15, 0.2) is 91.1 Å². The molecule has 1 aromatic heterocycles. The van der Waals surface area contributed by atoms with Crippen LogP contribution in [0.5, 0.6) is 0 Å². The maximum Gasteiger partial charge on any atom is 0.254 e. The van der Waals surface area contributed by atoms with E-state index in [9.17, 15) is 14.0 Å². The van der Waals surface area contributed by atoms with Gasteiger partial charge in [0.1, 0.15) is 18.4 Å². The average molecular weight is 516 g/mol. The molecule has 1 atom stereocenters. The van der Waals surface area contributed by atoms with Crippen molar-refractivity contribution in [2.24, 2.45) is 0 Å². The Bertz CT molecular complexity index is 1420. The Morgan fingerprint density at radius 1 is 0.919 bits per heavy atom. The third-order valence-corrected chi connectivity index (χ3v) is 6.91. The smallest absolute Gasteiger partial charge is 0.254 e. The lowest BCUT2D eigenvalue weighted by Gasteiger charge is -2.39. The quantitative estimate of drug-likeness (QED) is 0.276. The summed E-state index contributed by atoms with van der Waals surface area (Å²) in [6.07, 6.45) is 3.62. The molecule has 2 heterocycles. The van der Waals surface area contributed by atoms with Crippen LogP contribution in [0.25, 0.3) is 5.69 Å². The summed E-state index contributed by atoms with van der Waals surface area (Å²) in [6, 6.07) is 24.1. The van der Waals surface area contributed by atoms with Crippen molar-refractivity contribution in [1.29, 1.82) is 0 Å². The van der Waals surface area contributed by atoms with Gasteiger partial charge in [-0.1, -0.05) is 49.2 Å². The topological polar surface area (TPSA) is 45.6 Å². The highest BCUT2D eigenvalue weighted by Gasteiger charge is 2.37. The van der Waals surface area contributed by atoms with E-state index in [2.05, 4.69) is 4.57 Å². The van der Waals surface area contributed by atoms with E-state index < -0.39 is 6.04 Å². The van der Waals surface area contributed by atoms with Crippen LogP contribution in [-0.4, -0.2) is 34.4 Å². The second kappa shape index (κ2) is 10.6. The molecule has 3 aromatic carbocycles. The molecule has 4 aromatic rings. The monoisotopic (exact) mass is 515 g/mol. The van der Waals surface area contributed by atoms with Crippen LogP contribution in [0.2, 0.25) is 5.02 Å². The number of nitrogens with zero attached hydrogens (tertiary/aromatic N) is 3. The molecule has 0 saturated carbocycles. The molecule has 0 fully saturated rings. The number of amides is 2. The number of unbranched alkanes of at least 4 members (excludes halogenated alkanes) is 1. The Morgan fingerprint density at radius 3 is 2.32 bits per heavy atom. The highest BCUT2D eigenvalue weighted by molar-refractivity contribution is 6.30. The third-order valence-electron chi connectivity index (χ3n) is 6.66. The lowest BCUT2D eigenvalue weighted by Crippen LogP contribution is -2.47. The molecule has 0 bridgehead atoms. The number of halogens is 2. The number of hydrogen-bond acceptors (Lipinski definition) is 2. The fraction of sp³-hybridized carbons (Fsp3) is 0.200. The molecule has 7 heteroatoms. The Labute approximate surface area is 220 Å². The van der Waals surface area contributed by atoms with E-state index >= 15 is 0 Å². The lowest BCUT2D eigenvalue weighted by molar-refractivity contribution is -0.119. The van der Waals surface area contributed by atoms with Crippen LogP contribution < -0.4 is 4.90 Å². The zero-order valence-corrected chi connectivity index (χ0v) is 21.2. The molecule has 0 spiro atoms. The van der Waals surface area contributed by atoms with Gasteiger partial charge in [-0.2, -0.15) is 0 Å². The van der Waals surface area contributed by atoms with Crippen molar-refractivity contribution in [3.63, 3.8) is 0 Å². The van der Waals surface area contributed by atoms with Crippen molar-refractivity contribution < 1.29 is 14.0 Å². The molecule has 1 unspecified atom stereocenters. The van der Waals surface area contributed by atoms with Crippen molar-refractivity contribution in [1.82, 2.24) is 9.47 Å². The molecule has 0 N–H and O–H groups in total. The van der Waals surface area contributed by atoms with Gasteiger partial charge >= 0.3 is 0 Å². The lowest BCUT2D eigenvalue weighted by atomic mass is 9.97. The molecule has 5 rings (SSSR count). The van der Waals surface area contributed by atoms with E-state index in [1.807, 2.05) is 49.5 Å². The Hall–Kier alpha value is -3.90. The molecule has 0 aliphatic carbocycles. The van der Waals surface area contributed by atoms with Crippen LogP contribution in [0.3, 0.4) is 0 Å². The van der Waals surface area contributed by atoms with Crippen LogP contribution in [0, 0.1) is 5.82 Å². The molecule has 1 aliphatic rings. The number of fused-ring (bicyclic) bond motifs is 3. The molecular weight excluding hydrogens is 489 g/mol. The second-order valence-electron chi connectivity index (χ2n) is 9.10. The van der Waals surface area contributed by atoms with Crippen molar-refractivity contribution in [3.05, 3.63) is 119 Å². The summed E-state index contributed by atoms with van der Waals surface area (Å²) in [5, 5.41) is 0.544. The predicted octanol–water partition coefficient (Wildman–Crippen LogP) is 6.65. The van der Waals surface area contributed by atoms with Gasteiger partial charge in [0.2, 0.25) is 5.91 Å². The van der Waals surface area contributed by atoms with Crippen molar-refractivity contribution in [2.75, 3.05) is 18.0 Å². The Morgan fingerprint density at radius 2 is 1.62 bits per heavy atom. The molecule has 0 radical (unpaired) electrons. The van der Waals surface area contributed by atoms with Crippen LogP contribution in [0.1, 0.15) is 47.4 Å². The van der Waals surface area contributed by atoms with Gasteiger partial charge in [-0.05, 0) is 72.6 Å². The minimum absolute atomic E-state index is 0.0891. The van der Waals surface area contributed by atoms with E-state index in [4.69, 9.17) is 11.6 Å². The first-order valence-electron chi connectivity index (χ1n) is 12.4. The number of hydrogen-bond donors (Lipinski definition) is 0. The van der Waals surface area contributed by atoms with Gasteiger partial charge in [-0.3, -0.25) is 14.5 Å². The molecular formula is C30H27ClFN3O2. The van der Waals surface area contributed by atoms with E-state index in [1.165, 1.54) is 12.1 Å². The number of carbonyl (C=O) groups excluding carboxylic acids is 2. The summed E-state index contributed by atoms with van der Waals surface area (Å²) >= 11 is 6.02. The van der Waals surface area contributed by atoms with Crippen LogP contribution in [0.4, 0.5) is 10.1 Å². The average Bonchev–Trinajstić information content (AvgIpc) is 3.41. The zero-order chi connectivity index (χ0) is 25.9. The summed E-state index contributed by atoms with van der Waals surface area (Å²) in [7, 11) is 0. The van der Waals surface area contributed by atoms with Crippen LogP contribution >= 0.6 is 11.6 Å². The maximum absolute atomic E-state index is 14.1. The predicted molar refractivity (Wildman–Crippen MR) is 144 cm³/mol. The number of rotatable bonds is 7. The maximum atomic E-state index is 14.1. The minimum atomic E-state index is -0.475. The number of para-hydroxylation sites is 2. The summed E-state index contributed by atoms with van der Waals surface area (Å²) in [5.74, 6) is -0.773. The van der Waals surface area contributed by atoms with Crippen LogP contribution in [-0.2, 0) is 4.79 Å². The molecule has 1 aliphatic heterocycles. The van der Waals surface area contributed by atoms with Gasteiger partial charge in [-0.25, -0.2) is 4.39 Å². The summed E-state index contributed by atoms with van der Waals surface area (Å²) in [6.45, 7) is 2.41. The van der Waals surface area contributed by atoms with E-state index in [1.54, 1.807) is 46.2 Å². The number of benzene rings is 3. The first-order valence-corrected chi connectivity index (χ1v) is 12.7. The van der Waals surface area contributed by atoms with Crippen molar-refractivity contribution >= 4 is 29.1 Å². The molecule has 2 amide bonds. The SMILES string of the molecule is CCCCN(CC(=O)N1c2ccccc2-n2cccc2C1c1ccc(F)cc1)C(=O)c1ccc(Cl)cc1. The van der Waals surface area contributed by atoms with E-state index in [0.29, 0.717) is 17.1 Å². The molecule has 5 nitrogen and oxygen atoms in total. The van der Waals surface area contributed by atoms with E-state index in [0.717, 1.165) is 35.5 Å². The molecule has 37 heavy (non-hydrogen) atoms. The van der Waals surface area contributed by atoms with Gasteiger partial charge in [0, 0.05) is 23.3 Å². The van der Waals surface area contributed by atoms with Crippen molar-refractivity contribution in [2.45, 2.75) is 25.8 Å². The number of carbonyl (C=O) groups is 2. The third kappa shape index (κ3) is 4.89. The van der Waals surface area contributed by atoms with Gasteiger partial charge in [0.15, 0.2) is 0 Å². The first-order chi connectivity index (χ1) is 18.0. The second-order valence-corrected chi connectivity index (χ2v) is 9.53. The Balaban J connectivity index is 1.55. The van der Waals surface area contributed by atoms with Gasteiger partial charge in [0.05, 0.1) is 17.1 Å². The largest absolute Gasteiger partial charge is 0.329 e. The fourth-order valence-electron chi connectivity index (χ4n) is 4.84. The normalized spacial score (nSPS) is 14.1. The highest BCUT2D eigenvalue weighted by Crippen LogP contribution is 2.42. The van der Waals surface area contributed by atoms with Crippen molar-refractivity contribution in [3.8, 4) is 5.69 Å². The molecule has 188 valence electrons. The first kappa shape index (κ1) is 24.8. The summed E-state index contributed by atoms with van der Waals surface area (Å²) in [5.41, 5.74) is 3.77. The fourth-order valence-corrected chi connectivity index (χ4v) is 4.96. The van der Waals surface area contributed by atoms with Gasteiger partial charge in [0.25, 0.3) is 5.91 Å². The Kier molecular flexibility index (Phi) is 7.10. The number of anilines is 1. The van der Waals surface area contributed by atoms with Gasteiger partial charge < -0.3 is 9.47 Å². The standard InChI is InChI=1S/C30H27ClFN3O2/c1-2-3-18-33(30(37)22-10-14-23(31)15-11-22)20-28(36)35-26-8-5-4-7-25(26)34-19-6-9-27(34)29(35)21-12-16-24(32)17-13-21/h4-17,19,29H,2-3,18,20H2,1H3. The van der Waals surface area contributed by atoms with E-state index in [-0.39, 0.29) is 24.2 Å². The minimum Gasteiger partial charge on any atom is -0.329 e. The number of aromatic nitrogens is 1. The highest BCUT2D eigenvalue weighted by atomic mass is 35.5. The summed E-state index contributed by atoms with van der Waals surface area (Å²) < 4.78 is 15.9. The van der Waals surface area contributed by atoms with Gasteiger partial charge in [-0.15, -0.1) is 0 Å².